The number of carbonyl (C=O) groups is 2. The third kappa shape index (κ3) is 5.36. The number of benzene rings is 2. The van der Waals surface area contributed by atoms with Crippen LogP contribution >= 0.6 is 0 Å². The molecule has 0 radical (unpaired) electrons. The van der Waals surface area contributed by atoms with Crippen molar-refractivity contribution in [2.75, 3.05) is 5.73 Å². The second kappa shape index (κ2) is 11.4. The number of nitrogens with two attached hydrogens (primary N) is 2. The van der Waals surface area contributed by atoms with Crippen LogP contribution in [0, 0.1) is 0 Å². The molecule has 39 heavy (non-hydrogen) atoms. The number of nitrogen functional groups attached to an aromatic ring is 1. The lowest BCUT2D eigenvalue weighted by molar-refractivity contribution is 0.0995. The Labute approximate surface area is 227 Å². The number of hydrogen-bond acceptors (Lipinski definition) is 6. The molecule has 3 heterocycles. The van der Waals surface area contributed by atoms with E-state index in [4.69, 9.17) is 16.5 Å². The number of hydrogen-bond donors (Lipinski definition) is 2. The van der Waals surface area contributed by atoms with E-state index in [9.17, 15) is 9.59 Å². The molecule has 0 unspecified atom stereocenters. The molecule has 2 aromatic carbocycles. The minimum Gasteiger partial charge on any atom is -0.382 e. The number of ketones is 1. The highest BCUT2D eigenvalue weighted by molar-refractivity contribution is 6.09. The zero-order valence-corrected chi connectivity index (χ0v) is 22.1. The number of fused-ring (bicyclic) bond motifs is 3. The summed E-state index contributed by atoms with van der Waals surface area (Å²) >= 11 is 0. The highest BCUT2D eigenvalue weighted by Gasteiger charge is 2.18. The summed E-state index contributed by atoms with van der Waals surface area (Å²) < 4.78 is 2.22. The predicted octanol–water partition coefficient (Wildman–Crippen LogP) is 5.26. The number of imidazole rings is 1. The summed E-state index contributed by atoms with van der Waals surface area (Å²) in [5.41, 5.74) is 17.5. The minimum absolute atomic E-state index is 0.0797. The quantitative estimate of drug-likeness (QED) is 0.181. The van der Waals surface area contributed by atoms with E-state index in [-0.39, 0.29) is 5.78 Å². The molecule has 1 amide bonds. The molecule has 0 fully saturated rings. The van der Waals surface area contributed by atoms with E-state index in [1.165, 1.54) is 0 Å². The molecule has 0 aliphatic rings. The van der Waals surface area contributed by atoms with Crippen molar-refractivity contribution in [2.24, 2.45) is 5.73 Å². The first-order chi connectivity index (χ1) is 19.0. The number of carbonyl (C=O) groups excluding carboxylic acids is 2. The summed E-state index contributed by atoms with van der Waals surface area (Å²) in [5.74, 6) is 0.815. The van der Waals surface area contributed by atoms with Crippen LogP contribution in [-0.4, -0.2) is 31.2 Å². The van der Waals surface area contributed by atoms with Crippen LogP contribution in [0.15, 0.2) is 66.9 Å². The molecule has 3 aromatic heterocycles. The van der Waals surface area contributed by atoms with Crippen molar-refractivity contribution >= 4 is 39.6 Å². The van der Waals surface area contributed by atoms with E-state index >= 15 is 0 Å². The van der Waals surface area contributed by atoms with Gasteiger partial charge in [0.05, 0.1) is 5.52 Å². The Hall–Kier alpha value is -4.59. The fourth-order valence-electron chi connectivity index (χ4n) is 5.06. The second-order valence-corrected chi connectivity index (χ2v) is 9.74. The smallest absolute Gasteiger partial charge is 0.248 e. The van der Waals surface area contributed by atoms with Crippen LogP contribution in [0.2, 0.25) is 0 Å². The maximum atomic E-state index is 13.0. The summed E-state index contributed by atoms with van der Waals surface area (Å²) in [6.45, 7) is 2.88. The Bertz CT molecular complexity index is 1660. The van der Waals surface area contributed by atoms with Gasteiger partial charge in [0.1, 0.15) is 22.4 Å². The Balaban J connectivity index is 1.40. The second-order valence-electron chi connectivity index (χ2n) is 9.74. The average molecular weight is 521 g/mol. The number of anilines is 1. The molecule has 198 valence electrons. The topological polar surface area (TPSA) is 130 Å². The van der Waals surface area contributed by atoms with Crippen molar-refractivity contribution in [1.29, 1.82) is 0 Å². The molecule has 8 nitrogen and oxygen atoms in total. The molecule has 0 aliphatic heterocycles. The molecule has 8 heteroatoms. The van der Waals surface area contributed by atoms with E-state index in [1.807, 2.05) is 30.3 Å². The normalized spacial score (nSPS) is 11.3. The van der Waals surface area contributed by atoms with Gasteiger partial charge in [-0.05, 0) is 55.5 Å². The molecule has 4 N–H and O–H groups in total. The van der Waals surface area contributed by atoms with Gasteiger partial charge in [-0.3, -0.25) is 14.6 Å². The van der Waals surface area contributed by atoms with E-state index in [0.717, 1.165) is 66.6 Å². The summed E-state index contributed by atoms with van der Waals surface area (Å²) in [5, 5.41) is 0. The highest BCUT2D eigenvalue weighted by atomic mass is 16.1. The first kappa shape index (κ1) is 26.0. The van der Waals surface area contributed by atoms with Crippen LogP contribution in [0.4, 0.5) is 5.82 Å². The Morgan fingerprint density at radius 2 is 1.69 bits per heavy atom. The first-order valence-corrected chi connectivity index (χ1v) is 13.4. The van der Waals surface area contributed by atoms with Gasteiger partial charge in [0.15, 0.2) is 11.6 Å². The summed E-state index contributed by atoms with van der Waals surface area (Å²) in [6.07, 6.45) is 6.92. The largest absolute Gasteiger partial charge is 0.382 e. The number of nitrogens with zero attached hydrogens (tertiary/aromatic N) is 4. The lowest BCUT2D eigenvalue weighted by atomic mass is 9.95. The van der Waals surface area contributed by atoms with Crippen LogP contribution in [-0.2, 0) is 19.4 Å². The van der Waals surface area contributed by atoms with Crippen molar-refractivity contribution in [3.63, 3.8) is 0 Å². The maximum absolute atomic E-state index is 13.0. The summed E-state index contributed by atoms with van der Waals surface area (Å²) in [4.78, 5) is 39.1. The van der Waals surface area contributed by atoms with Crippen molar-refractivity contribution in [1.82, 2.24) is 19.5 Å². The van der Waals surface area contributed by atoms with Gasteiger partial charge < -0.3 is 16.0 Å². The molecule has 0 aliphatic carbocycles. The Kier molecular flexibility index (Phi) is 7.63. The van der Waals surface area contributed by atoms with Crippen LogP contribution < -0.4 is 11.5 Å². The number of pyridine rings is 2. The number of amides is 1. The third-order valence-corrected chi connectivity index (χ3v) is 7.04. The van der Waals surface area contributed by atoms with Gasteiger partial charge >= 0.3 is 0 Å². The summed E-state index contributed by atoms with van der Waals surface area (Å²) in [6, 6.07) is 18.0. The monoisotopic (exact) mass is 520 g/mol. The van der Waals surface area contributed by atoms with Gasteiger partial charge in [0, 0.05) is 35.9 Å². The van der Waals surface area contributed by atoms with Gasteiger partial charge in [-0.2, -0.15) is 0 Å². The molecular formula is C31H32N6O2. The van der Waals surface area contributed by atoms with E-state index in [2.05, 4.69) is 21.5 Å². The van der Waals surface area contributed by atoms with Crippen molar-refractivity contribution in [3.05, 3.63) is 94.9 Å². The lowest BCUT2D eigenvalue weighted by Gasteiger charge is -2.12. The van der Waals surface area contributed by atoms with Gasteiger partial charge in [-0.1, -0.05) is 49.7 Å². The first-order valence-electron chi connectivity index (χ1n) is 13.4. The molecular weight excluding hydrogens is 488 g/mol. The average Bonchev–Trinajstić information content (AvgIpc) is 3.33. The Morgan fingerprint density at radius 1 is 0.872 bits per heavy atom. The molecule has 0 saturated carbocycles. The van der Waals surface area contributed by atoms with Crippen LogP contribution in [0.1, 0.15) is 70.3 Å². The number of primary amides is 1. The predicted molar refractivity (Wildman–Crippen MR) is 154 cm³/mol. The van der Waals surface area contributed by atoms with Crippen molar-refractivity contribution in [3.8, 4) is 0 Å². The molecule has 0 spiro atoms. The van der Waals surface area contributed by atoms with Gasteiger partial charge in [-0.15, -0.1) is 0 Å². The highest BCUT2D eigenvalue weighted by Crippen LogP contribution is 2.28. The van der Waals surface area contributed by atoms with Crippen molar-refractivity contribution in [2.45, 2.75) is 52.0 Å². The summed E-state index contributed by atoms with van der Waals surface area (Å²) in [7, 11) is 0. The number of aryl methyl sites for hydroxylation is 3. The zero-order valence-electron chi connectivity index (χ0n) is 22.1. The van der Waals surface area contributed by atoms with Crippen LogP contribution in [0.3, 0.4) is 0 Å². The number of unbranched alkanes of at least 4 members (excludes halogenated alkanes) is 2. The van der Waals surface area contributed by atoms with Gasteiger partial charge in [0.2, 0.25) is 5.91 Å². The SMILES string of the molecule is CCCCc1nc2c(N)nc3cccnc3c2n1CCCCc1cc(C(=O)c2ccccc2)ccc1C(N)=O. The van der Waals surface area contributed by atoms with Crippen LogP contribution in [0.25, 0.3) is 22.1 Å². The third-order valence-electron chi connectivity index (χ3n) is 7.04. The molecule has 0 bridgehead atoms. The molecule has 0 saturated heterocycles. The van der Waals surface area contributed by atoms with E-state index < -0.39 is 5.91 Å². The fraction of sp³-hybridized carbons (Fsp3) is 0.258. The molecule has 0 atom stereocenters. The minimum atomic E-state index is -0.494. The van der Waals surface area contributed by atoms with E-state index in [1.54, 1.807) is 36.5 Å². The number of aromatic nitrogens is 4. The lowest BCUT2D eigenvalue weighted by Crippen LogP contribution is -2.15. The number of rotatable bonds is 11. The van der Waals surface area contributed by atoms with E-state index in [0.29, 0.717) is 34.4 Å². The fourth-order valence-corrected chi connectivity index (χ4v) is 5.06. The zero-order chi connectivity index (χ0) is 27.4. The van der Waals surface area contributed by atoms with Crippen LogP contribution in [0.5, 0.6) is 0 Å². The molecule has 5 aromatic rings. The van der Waals surface area contributed by atoms with Gasteiger partial charge in [0.25, 0.3) is 0 Å². The van der Waals surface area contributed by atoms with Crippen molar-refractivity contribution < 1.29 is 9.59 Å². The standard InChI is InChI=1S/C31H32N6O2/c1-2-3-14-25-36-27-28(26-24(35-30(27)32)13-9-17-34-26)37(25)18-8-7-12-21-19-22(15-16-23(21)31(33)39)29(38)20-10-5-4-6-11-20/h4-6,9-11,13,15-17,19H,2-3,7-8,12,14,18H2,1H3,(H2,32,35)(H2,33,39). The maximum Gasteiger partial charge on any atom is 0.248 e. The Morgan fingerprint density at radius 3 is 2.46 bits per heavy atom. The molecule has 5 rings (SSSR count). The van der Waals surface area contributed by atoms with Gasteiger partial charge in [-0.25, -0.2) is 9.97 Å².